The summed E-state index contributed by atoms with van der Waals surface area (Å²) in [6.45, 7) is 6.97. The van der Waals surface area contributed by atoms with Gasteiger partial charge in [0.2, 0.25) is 0 Å². The molecule has 192 valence electrons. The van der Waals surface area contributed by atoms with Gasteiger partial charge in [-0.3, -0.25) is 6.42 Å². The normalized spacial score (nSPS) is 10.4. The van der Waals surface area contributed by atoms with E-state index in [-0.39, 0.29) is 21.7 Å². The van der Waals surface area contributed by atoms with Crippen molar-refractivity contribution in [3.63, 3.8) is 0 Å². The van der Waals surface area contributed by atoms with E-state index in [0.29, 0.717) is 0 Å². The molecule has 0 bridgehead atoms. The van der Waals surface area contributed by atoms with E-state index >= 15 is 0 Å². The molecule has 0 aliphatic rings. The molecule has 0 saturated heterocycles. The Morgan fingerprint density at radius 2 is 0.947 bits per heavy atom. The largest absolute Gasteiger partial charge is 0.376 e. The Labute approximate surface area is 246 Å². The monoisotopic (exact) mass is 544 g/mol. The molecule has 0 nitrogen and oxygen atoms in total. The van der Waals surface area contributed by atoms with E-state index in [1.807, 2.05) is 60.7 Å². The van der Waals surface area contributed by atoms with Crippen molar-refractivity contribution < 1.29 is 21.7 Å². The second kappa shape index (κ2) is 17.2. The zero-order chi connectivity index (χ0) is 26.2. The first-order chi connectivity index (χ1) is 18.0. The maximum Gasteiger partial charge on any atom is 0 e. The topological polar surface area (TPSA) is 0 Å². The van der Waals surface area contributed by atoms with Gasteiger partial charge in [-0.05, 0) is 16.7 Å². The molecule has 0 atom stereocenters. The Hall–Kier alpha value is -3.36. The fourth-order valence-corrected chi connectivity index (χ4v) is 4.67. The molecule has 0 N–H and O–H groups in total. The molecule has 2 heteroatoms. The van der Waals surface area contributed by atoms with Crippen LogP contribution in [0.1, 0.15) is 16.7 Å². The summed E-state index contributed by atoms with van der Waals surface area (Å²) in [6.07, 6.45) is 4.46. The number of rotatable bonds is 6. The molecule has 38 heavy (non-hydrogen) atoms. The maximum atomic E-state index is 3.79. The zero-order valence-corrected chi connectivity index (χ0v) is 25.2. The van der Waals surface area contributed by atoms with E-state index in [4.69, 9.17) is 0 Å². The van der Waals surface area contributed by atoms with Crippen molar-refractivity contribution >= 4 is 19.2 Å². The number of hydrogen-bond acceptors (Lipinski definition) is 0. The van der Waals surface area contributed by atoms with Crippen molar-refractivity contribution in [3.05, 3.63) is 187 Å². The smallest absolute Gasteiger partial charge is 0 e. The molecular formula is C36H36SiTi-4. The Bertz CT molecular complexity index is 1170. The minimum Gasteiger partial charge on any atom is -0.376 e. The quantitative estimate of drug-likeness (QED) is 0.147. The van der Waals surface area contributed by atoms with Gasteiger partial charge >= 0.3 is 0 Å². The van der Waals surface area contributed by atoms with Crippen LogP contribution in [0.3, 0.4) is 0 Å². The first kappa shape index (κ1) is 30.9. The predicted octanol–water partition coefficient (Wildman–Crippen LogP) is 9.90. The van der Waals surface area contributed by atoms with Gasteiger partial charge in [0.25, 0.3) is 0 Å². The maximum absolute atomic E-state index is 3.79. The predicted molar refractivity (Wildman–Crippen MR) is 165 cm³/mol. The fourth-order valence-electron chi connectivity index (χ4n) is 3.63. The molecule has 5 rings (SSSR count). The summed E-state index contributed by atoms with van der Waals surface area (Å²) in [7, 11) is -1.48. The Balaban J connectivity index is 0.000000382. The van der Waals surface area contributed by atoms with Crippen molar-refractivity contribution in [2.24, 2.45) is 0 Å². The average molecular weight is 545 g/mol. The van der Waals surface area contributed by atoms with Crippen LogP contribution in [-0.2, 0) is 21.7 Å². The Kier molecular flexibility index (Phi) is 14.0. The van der Waals surface area contributed by atoms with E-state index in [1.54, 1.807) is 0 Å². The van der Waals surface area contributed by atoms with Crippen molar-refractivity contribution in [2.45, 2.75) is 19.6 Å². The minimum atomic E-state index is -1.48. The molecule has 0 aliphatic carbocycles. The van der Waals surface area contributed by atoms with Crippen LogP contribution in [0.25, 0.3) is 11.1 Å². The zero-order valence-electron chi connectivity index (χ0n) is 22.6. The molecule has 5 aromatic rings. The minimum absolute atomic E-state index is 0. The summed E-state index contributed by atoms with van der Waals surface area (Å²) >= 11 is 0. The summed E-state index contributed by atoms with van der Waals surface area (Å²) < 4.78 is 0. The van der Waals surface area contributed by atoms with Gasteiger partial charge in [-0.1, -0.05) is 107 Å². The molecule has 0 aliphatic heterocycles. The molecule has 0 heterocycles. The second-order valence-corrected chi connectivity index (χ2v) is 14.3. The summed E-state index contributed by atoms with van der Waals surface area (Å²) in [5, 5.41) is 0. The molecule has 0 amide bonds. The molecular weight excluding hydrogens is 508 g/mol. The van der Waals surface area contributed by atoms with E-state index in [0.717, 1.165) is 0 Å². The van der Waals surface area contributed by atoms with Gasteiger partial charge in [-0.2, -0.15) is 54.6 Å². The Morgan fingerprint density at radius 1 is 0.579 bits per heavy atom. The summed E-state index contributed by atoms with van der Waals surface area (Å²) in [6, 6.07) is 51.7. The van der Waals surface area contributed by atoms with Crippen LogP contribution in [0.4, 0.5) is 0 Å². The van der Waals surface area contributed by atoms with Crippen LogP contribution >= 0.6 is 0 Å². The molecule has 0 aromatic heterocycles. The second-order valence-electron chi connectivity index (χ2n) is 9.56. The summed E-state index contributed by atoms with van der Waals surface area (Å²) in [5.74, 6) is 0. The molecule has 0 spiro atoms. The first-order valence-corrected chi connectivity index (χ1v) is 16.2. The molecule has 0 saturated carbocycles. The van der Waals surface area contributed by atoms with E-state index in [9.17, 15) is 0 Å². The third-order valence-corrected chi connectivity index (χ3v) is 6.31. The summed E-state index contributed by atoms with van der Waals surface area (Å²) in [5.41, 5.74) is 9.85. The number of allylic oxidation sites excluding steroid dienone is 2. The first-order valence-electron chi connectivity index (χ1n) is 12.7. The summed E-state index contributed by atoms with van der Waals surface area (Å²) in [4.78, 5) is 0. The van der Waals surface area contributed by atoms with Gasteiger partial charge in [0.15, 0.2) is 0 Å². The van der Waals surface area contributed by atoms with Gasteiger partial charge in [-0.25, -0.2) is 29.8 Å². The van der Waals surface area contributed by atoms with Gasteiger partial charge in [0.1, 0.15) is 0 Å². The number of benzene rings is 3. The van der Waals surface area contributed by atoms with Crippen molar-refractivity contribution in [1.29, 1.82) is 0 Å². The van der Waals surface area contributed by atoms with Gasteiger partial charge in [0.05, 0.1) is 0 Å². The average Bonchev–Trinajstić information content (AvgIpc) is 3.69. The number of hydrogen-bond donors (Lipinski definition) is 0. The standard InChI is InChI=1S/C26H26Si.2C5H5.Ti/c1-27(2,3)21-25(22-13-7-4-8-14-22)19-20-26(23-15-9-5-10-16-23)24-17-11-6-12-18-24;2*1-2-4-5-3-1;/h4-20H,1-3H3;2*1-5H;/q-2;2*-1;. The van der Waals surface area contributed by atoms with E-state index in [1.165, 1.54) is 27.8 Å². The van der Waals surface area contributed by atoms with Gasteiger partial charge < -0.3 is 11.3 Å². The molecule has 0 radical (unpaired) electrons. The third-order valence-electron chi connectivity index (χ3n) is 5.29. The van der Waals surface area contributed by atoms with Crippen molar-refractivity contribution in [2.75, 3.05) is 0 Å². The fraction of sp³-hybridized carbons (Fsp3) is 0.0833. The molecule has 5 aromatic carbocycles. The van der Waals surface area contributed by atoms with Crippen molar-refractivity contribution in [1.82, 2.24) is 0 Å². The van der Waals surface area contributed by atoms with Crippen molar-refractivity contribution in [3.8, 4) is 0 Å². The van der Waals surface area contributed by atoms with Crippen LogP contribution in [0.5, 0.6) is 0 Å². The van der Waals surface area contributed by atoms with E-state index in [2.05, 4.69) is 129 Å². The third kappa shape index (κ3) is 11.8. The van der Waals surface area contributed by atoms with Crippen LogP contribution in [0.15, 0.2) is 158 Å². The van der Waals surface area contributed by atoms with Crippen LogP contribution in [0.2, 0.25) is 19.6 Å². The molecule has 0 fully saturated rings. The van der Waals surface area contributed by atoms with Crippen LogP contribution in [-0.4, -0.2) is 8.07 Å². The molecule has 0 unspecified atom stereocenters. The van der Waals surface area contributed by atoms with Crippen LogP contribution in [0, 0.1) is 12.1 Å². The SMILES string of the molecule is C[Si](C)(C)[C-]=C([CH-]C=C(c1ccccc1)c1ccccc1)c1ccccc1.[Ti].c1cc[cH-]c1.c1cc[cH-]c1. The van der Waals surface area contributed by atoms with Gasteiger partial charge in [0, 0.05) is 21.7 Å². The van der Waals surface area contributed by atoms with Gasteiger partial charge in [-0.15, -0.1) is 0 Å². The van der Waals surface area contributed by atoms with E-state index < -0.39 is 8.07 Å². The van der Waals surface area contributed by atoms with Crippen LogP contribution < -0.4 is 0 Å². The Morgan fingerprint density at radius 3 is 1.26 bits per heavy atom.